The van der Waals surface area contributed by atoms with Gasteiger partial charge in [-0.15, -0.1) is 0 Å². The van der Waals surface area contributed by atoms with Gasteiger partial charge in [0.15, 0.2) is 11.6 Å². The van der Waals surface area contributed by atoms with E-state index in [1.54, 1.807) is 0 Å². The Morgan fingerprint density at radius 1 is 1.47 bits per heavy atom. The summed E-state index contributed by atoms with van der Waals surface area (Å²) in [5.41, 5.74) is 2.26. The first-order chi connectivity index (χ1) is 7.26. The number of nitrogens with one attached hydrogen (secondary N) is 1. The fourth-order valence-corrected chi connectivity index (χ4v) is 1.47. The lowest BCUT2D eigenvalue weighted by molar-refractivity contribution is 0.557. The van der Waals surface area contributed by atoms with E-state index in [0.29, 0.717) is 18.1 Å². The zero-order chi connectivity index (χ0) is 10.8. The maximum atomic E-state index is 13.8. The van der Waals surface area contributed by atoms with E-state index >= 15 is 0 Å². The van der Waals surface area contributed by atoms with Crippen molar-refractivity contribution in [2.24, 2.45) is 5.84 Å². The largest absolute Gasteiger partial charge is 0.354 e. The molecule has 0 aromatic carbocycles. The van der Waals surface area contributed by atoms with Crippen LogP contribution in [0.1, 0.15) is 19.2 Å². The van der Waals surface area contributed by atoms with Crippen LogP contribution in [0.4, 0.5) is 16.0 Å². The summed E-state index contributed by atoms with van der Waals surface area (Å²) < 4.78 is 13.8. The van der Waals surface area contributed by atoms with Crippen molar-refractivity contribution in [3.05, 3.63) is 11.6 Å². The normalized spacial score (nSPS) is 15.0. The minimum Gasteiger partial charge on any atom is -0.354 e. The number of rotatable bonds is 3. The lowest BCUT2D eigenvalue weighted by Crippen LogP contribution is -2.38. The number of hydrogen-bond donors (Lipinski definition) is 2. The molecule has 0 radical (unpaired) electrons. The molecule has 1 aliphatic rings. The Balaban J connectivity index is 2.41. The third-order valence-electron chi connectivity index (χ3n) is 2.49. The zero-order valence-electron chi connectivity index (χ0n) is 8.63. The quantitative estimate of drug-likeness (QED) is 0.568. The summed E-state index contributed by atoms with van der Waals surface area (Å²) in [4.78, 5) is 10.0. The molecule has 1 aromatic heterocycles. The van der Waals surface area contributed by atoms with Crippen LogP contribution in [0.5, 0.6) is 0 Å². The smallest absolute Gasteiger partial charge is 0.209 e. The Bertz CT molecular complexity index is 364. The summed E-state index contributed by atoms with van der Waals surface area (Å²) >= 11 is 0. The van der Waals surface area contributed by atoms with Crippen LogP contribution in [0.25, 0.3) is 0 Å². The Labute approximate surface area is 87.5 Å². The number of nitrogens with two attached hydrogens (primary N) is 1. The van der Waals surface area contributed by atoms with Crippen LogP contribution in [0, 0.1) is 5.82 Å². The first-order valence-electron chi connectivity index (χ1n) is 5.04. The van der Waals surface area contributed by atoms with Crippen molar-refractivity contribution in [1.82, 2.24) is 9.97 Å². The monoisotopic (exact) mass is 211 g/mol. The molecule has 2 rings (SSSR count). The van der Waals surface area contributed by atoms with Gasteiger partial charge in [0, 0.05) is 19.5 Å². The van der Waals surface area contributed by atoms with Gasteiger partial charge in [-0.1, -0.05) is 6.92 Å². The average molecular weight is 211 g/mol. The molecule has 0 aliphatic carbocycles. The van der Waals surface area contributed by atoms with Gasteiger partial charge < -0.3 is 10.3 Å². The number of aryl methyl sites for hydroxylation is 1. The molecule has 5 nitrogen and oxygen atoms in total. The van der Waals surface area contributed by atoms with Gasteiger partial charge in [-0.3, -0.25) is 0 Å². The van der Waals surface area contributed by atoms with Gasteiger partial charge in [0.25, 0.3) is 0 Å². The molecule has 6 heteroatoms. The summed E-state index contributed by atoms with van der Waals surface area (Å²) in [6.07, 6.45) is 1.74. The number of halogens is 1. The number of aromatic nitrogens is 2. The van der Waals surface area contributed by atoms with Crippen LogP contribution in [0.15, 0.2) is 0 Å². The molecule has 1 fully saturated rings. The number of nitrogen functional groups attached to an aromatic ring is 1. The number of nitrogens with zero attached hydrogens (tertiary/aromatic N) is 3. The molecule has 0 saturated carbocycles. The van der Waals surface area contributed by atoms with Gasteiger partial charge in [-0.2, -0.15) is 4.39 Å². The summed E-state index contributed by atoms with van der Waals surface area (Å²) in [6, 6.07) is 0. The van der Waals surface area contributed by atoms with E-state index in [1.807, 2.05) is 11.8 Å². The molecule has 15 heavy (non-hydrogen) atoms. The third kappa shape index (κ3) is 1.72. The summed E-state index contributed by atoms with van der Waals surface area (Å²) in [5, 5.41) is 0. The standard InChI is InChI=1S/C9H14FN5/c1-2-6-12-8(14-11)7(10)9(13-6)15-4-3-5-15/h2-5,11H2,1H3,(H,12,13,14). The molecule has 1 aromatic rings. The lowest BCUT2D eigenvalue weighted by Gasteiger charge is -2.32. The third-order valence-corrected chi connectivity index (χ3v) is 2.49. The van der Waals surface area contributed by atoms with Crippen molar-refractivity contribution in [3.8, 4) is 0 Å². The van der Waals surface area contributed by atoms with Crippen LogP contribution in [-0.4, -0.2) is 23.1 Å². The number of hydrogen-bond acceptors (Lipinski definition) is 5. The van der Waals surface area contributed by atoms with E-state index in [0.717, 1.165) is 19.5 Å². The van der Waals surface area contributed by atoms with Gasteiger partial charge in [-0.05, 0) is 6.42 Å². The highest BCUT2D eigenvalue weighted by Gasteiger charge is 2.23. The predicted molar refractivity (Wildman–Crippen MR) is 56.0 cm³/mol. The van der Waals surface area contributed by atoms with Gasteiger partial charge in [0.05, 0.1) is 0 Å². The molecular formula is C9H14FN5. The Morgan fingerprint density at radius 2 is 2.20 bits per heavy atom. The van der Waals surface area contributed by atoms with Gasteiger partial charge in [-0.25, -0.2) is 15.8 Å². The van der Waals surface area contributed by atoms with Crippen LogP contribution in [0.2, 0.25) is 0 Å². The van der Waals surface area contributed by atoms with E-state index in [2.05, 4.69) is 15.4 Å². The van der Waals surface area contributed by atoms with E-state index in [9.17, 15) is 4.39 Å². The van der Waals surface area contributed by atoms with Gasteiger partial charge in [0.1, 0.15) is 5.82 Å². The van der Waals surface area contributed by atoms with Gasteiger partial charge in [0.2, 0.25) is 5.82 Å². The van der Waals surface area contributed by atoms with Crippen LogP contribution < -0.4 is 16.2 Å². The maximum absolute atomic E-state index is 13.8. The fourth-order valence-electron chi connectivity index (χ4n) is 1.47. The van der Waals surface area contributed by atoms with Gasteiger partial charge >= 0.3 is 0 Å². The van der Waals surface area contributed by atoms with Crippen molar-refractivity contribution in [2.75, 3.05) is 23.4 Å². The van der Waals surface area contributed by atoms with E-state index in [-0.39, 0.29) is 5.82 Å². The molecular weight excluding hydrogens is 197 g/mol. The fraction of sp³-hybridized carbons (Fsp3) is 0.556. The molecule has 0 bridgehead atoms. The second-order valence-corrected chi connectivity index (χ2v) is 3.46. The van der Waals surface area contributed by atoms with E-state index in [4.69, 9.17) is 5.84 Å². The predicted octanol–water partition coefficient (Wildman–Crippen LogP) is 0.674. The first kappa shape index (κ1) is 10.1. The molecule has 1 saturated heterocycles. The highest BCUT2D eigenvalue weighted by Crippen LogP contribution is 2.25. The second-order valence-electron chi connectivity index (χ2n) is 3.46. The maximum Gasteiger partial charge on any atom is 0.209 e. The summed E-state index contributed by atoms with van der Waals surface area (Å²) in [5.74, 6) is 5.78. The molecule has 2 heterocycles. The van der Waals surface area contributed by atoms with E-state index < -0.39 is 5.82 Å². The highest BCUT2D eigenvalue weighted by atomic mass is 19.1. The lowest BCUT2D eigenvalue weighted by atomic mass is 10.2. The molecule has 3 N–H and O–H groups in total. The minimum atomic E-state index is -0.464. The van der Waals surface area contributed by atoms with Crippen LogP contribution in [0.3, 0.4) is 0 Å². The van der Waals surface area contributed by atoms with Crippen LogP contribution >= 0.6 is 0 Å². The summed E-state index contributed by atoms with van der Waals surface area (Å²) in [6.45, 7) is 3.62. The van der Waals surface area contributed by atoms with E-state index in [1.165, 1.54) is 0 Å². The molecule has 82 valence electrons. The number of anilines is 2. The highest BCUT2D eigenvalue weighted by molar-refractivity contribution is 5.52. The average Bonchev–Trinajstić information content (AvgIpc) is 2.18. The summed E-state index contributed by atoms with van der Waals surface area (Å²) in [7, 11) is 0. The molecule has 0 unspecified atom stereocenters. The van der Waals surface area contributed by atoms with Crippen molar-refractivity contribution < 1.29 is 4.39 Å². The van der Waals surface area contributed by atoms with Crippen molar-refractivity contribution >= 4 is 11.6 Å². The molecule has 0 atom stereocenters. The van der Waals surface area contributed by atoms with Crippen molar-refractivity contribution in [2.45, 2.75) is 19.8 Å². The Kier molecular flexibility index (Phi) is 2.68. The SMILES string of the molecule is CCc1nc(NN)c(F)c(N2CCC2)n1. The number of hydrazine groups is 1. The molecule has 0 amide bonds. The second kappa shape index (κ2) is 3.98. The minimum absolute atomic E-state index is 0.0729. The Hall–Kier alpha value is -1.43. The molecule has 0 spiro atoms. The topological polar surface area (TPSA) is 67.1 Å². The van der Waals surface area contributed by atoms with Crippen LogP contribution in [-0.2, 0) is 6.42 Å². The first-order valence-corrected chi connectivity index (χ1v) is 5.04. The Morgan fingerprint density at radius 3 is 2.67 bits per heavy atom. The zero-order valence-corrected chi connectivity index (χ0v) is 8.63. The van der Waals surface area contributed by atoms with Crippen molar-refractivity contribution in [1.29, 1.82) is 0 Å². The van der Waals surface area contributed by atoms with Crippen molar-refractivity contribution in [3.63, 3.8) is 0 Å². The molecule has 1 aliphatic heterocycles.